The fraction of sp³-hybridized carbons (Fsp3) is 0.381. The van der Waals surface area contributed by atoms with Gasteiger partial charge in [0.05, 0.1) is 16.7 Å². The summed E-state index contributed by atoms with van der Waals surface area (Å²) in [5, 5.41) is 14.7. The van der Waals surface area contributed by atoms with Crippen LogP contribution in [0.3, 0.4) is 0 Å². The van der Waals surface area contributed by atoms with Crippen LogP contribution in [0.25, 0.3) is 10.7 Å². The molecule has 28 heavy (non-hydrogen) atoms. The highest BCUT2D eigenvalue weighted by molar-refractivity contribution is 7.99. The molecule has 5 nitrogen and oxygen atoms in total. The first-order chi connectivity index (χ1) is 13.7. The van der Waals surface area contributed by atoms with Crippen molar-refractivity contribution in [3.63, 3.8) is 0 Å². The summed E-state index contributed by atoms with van der Waals surface area (Å²) in [6, 6.07) is 13.0. The fourth-order valence-corrected chi connectivity index (χ4v) is 4.67. The number of thioether (sulfide) groups is 1. The number of nitrogens with zero attached hydrogens (tertiary/aromatic N) is 3. The third kappa shape index (κ3) is 4.31. The van der Waals surface area contributed by atoms with Gasteiger partial charge >= 0.3 is 0 Å². The molecule has 2 aromatic heterocycles. The Balaban J connectivity index is 1.38. The van der Waals surface area contributed by atoms with Crippen molar-refractivity contribution in [2.45, 2.75) is 50.4 Å². The number of rotatable bonds is 8. The molecule has 2 heterocycles. The Morgan fingerprint density at radius 2 is 2.07 bits per heavy atom. The summed E-state index contributed by atoms with van der Waals surface area (Å²) >= 11 is 3.14. The minimum Gasteiger partial charge on any atom is -0.349 e. The second kappa shape index (κ2) is 8.49. The van der Waals surface area contributed by atoms with E-state index in [0.717, 1.165) is 40.7 Å². The smallest absolute Gasteiger partial charge is 0.230 e. The Kier molecular flexibility index (Phi) is 5.82. The van der Waals surface area contributed by atoms with Gasteiger partial charge in [-0.1, -0.05) is 49.0 Å². The van der Waals surface area contributed by atoms with E-state index in [1.54, 1.807) is 11.3 Å². The summed E-state index contributed by atoms with van der Waals surface area (Å²) in [6.45, 7) is 4.16. The lowest BCUT2D eigenvalue weighted by molar-refractivity contribution is -0.119. The van der Waals surface area contributed by atoms with E-state index < -0.39 is 0 Å². The van der Waals surface area contributed by atoms with Crippen LogP contribution in [0.1, 0.15) is 49.9 Å². The predicted octanol–water partition coefficient (Wildman–Crippen LogP) is 4.87. The first kappa shape index (κ1) is 19.2. The van der Waals surface area contributed by atoms with Gasteiger partial charge in [0.2, 0.25) is 5.91 Å². The van der Waals surface area contributed by atoms with Crippen LogP contribution in [0, 0.1) is 0 Å². The van der Waals surface area contributed by atoms with Crippen LogP contribution in [-0.4, -0.2) is 26.4 Å². The van der Waals surface area contributed by atoms with Crippen LogP contribution in [0.5, 0.6) is 0 Å². The van der Waals surface area contributed by atoms with E-state index in [-0.39, 0.29) is 11.9 Å². The van der Waals surface area contributed by atoms with Gasteiger partial charge in [0.25, 0.3) is 0 Å². The van der Waals surface area contributed by atoms with E-state index in [1.165, 1.54) is 17.3 Å². The largest absolute Gasteiger partial charge is 0.349 e. The van der Waals surface area contributed by atoms with Crippen molar-refractivity contribution in [1.29, 1.82) is 0 Å². The predicted molar refractivity (Wildman–Crippen MR) is 115 cm³/mol. The highest BCUT2D eigenvalue weighted by atomic mass is 32.2. The maximum Gasteiger partial charge on any atom is 0.230 e. The minimum atomic E-state index is -0.0120. The van der Waals surface area contributed by atoms with Crippen LogP contribution in [0.2, 0.25) is 0 Å². The minimum absolute atomic E-state index is 0.0120. The third-order valence-corrected chi connectivity index (χ3v) is 6.72. The van der Waals surface area contributed by atoms with Crippen molar-refractivity contribution in [3.8, 4) is 10.7 Å². The number of hydrogen-bond donors (Lipinski definition) is 1. The lowest BCUT2D eigenvalue weighted by atomic mass is 10.1. The molecule has 146 valence electrons. The SMILES string of the molecule is CCc1ccc([C@H](C)NC(=O)CSc2nnc(-c3cccs3)n2C2CC2)cc1. The molecule has 7 heteroatoms. The number of benzene rings is 1. The molecule has 1 aliphatic carbocycles. The molecule has 1 amide bonds. The number of carbonyl (C=O) groups excluding carboxylic acids is 1. The summed E-state index contributed by atoms with van der Waals surface area (Å²) in [5.74, 6) is 1.28. The van der Waals surface area contributed by atoms with E-state index >= 15 is 0 Å². The second-order valence-corrected chi connectivity index (χ2v) is 8.95. The first-order valence-electron chi connectivity index (χ1n) is 9.65. The van der Waals surface area contributed by atoms with E-state index in [2.05, 4.69) is 62.7 Å². The van der Waals surface area contributed by atoms with E-state index in [1.807, 2.05) is 13.0 Å². The van der Waals surface area contributed by atoms with E-state index in [0.29, 0.717) is 11.8 Å². The molecule has 1 aliphatic rings. The summed E-state index contributed by atoms with van der Waals surface area (Å²) in [5.41, 5.74) is 2.43. The van der Waals surface area contributed by atoms with Gasteiger partial charge in [-0.15, -0.1) is 21.5 Å². The van der Waals surface area contributed by atoms with E-state index in [9.17, 15) is 4.79 Å². The molecule has 1 aromatic carbocycles. The molecule has 0 bridgehead atoms. The number of nitrogens with one attached hydrogen (secondary N) is 1. The highest BCUT2D eigenvalue weighted by Crippen LogP contribution is 2.41. The van der Waals surface area contributed by atoms with Gasteiger partial charge in [0, 0.05) is 6.04 Å². The first-order valence-corrected chi connectivity index (χ1v) is 11.5. The van der Waals surface area contributed by atoms with Crippen molar-refractivity contribution in [2.24, 2.45) is 0 Å². The number of thiophene rings is 1. The quantitative estimate of drug-likeness (QED) is 0.536. The molecular weight excluding hydrogens is 388 g/mol. The van der Waals surface area contributed by atoms with Gasteiger partial charge < -0.3 is 5.32 Å². The van der Waals surface area contributed by atoms with Crippen LogP contribution in [0.4, 0.5) is 0 Å². The zero-order valence-electron chi connectivity index (χ0n) is 16.1. The molecule has 0 radical (unpaired) electrons. The van der Waals surface area contributed by atoms with Gasteiger partial charge in [-0.2, -0.15) is 0 Å². The Morgan fingerprint density at radius 1 is 1.29 bits per heavy atom. The van der Waals surface area contributed by atoms with Gasteiger partial charge in [-0.05, 0) is 48.8 Å². The van der Waals surface area contributed by atoms with Gasteiger partial charge in [0.1, 0.15) is 0 Å². The lowest BCUT2D eigenvalue weighted by Gasteiger charge is -2.15. The summed E-state index contributed by atoms with van der Waals surface area (Å²) < 4.78 is 2.21. The topological polar surface area (TPSA) is 59.8 Å². The van der Waals surface area contributed by atoms with Crippen LogP contribution in [-0.2, 0) is 11.2 Å². The molecule has 3 aromatic rings. The maximum atomic E-state index is 12.5. The molecule has 4 rings (SSSR count). The Bertz CT molecular complexity index is 930. The van der Waals surface area contributed by atoms with Crippen molar-refractivity contribution in [1.82, 2.24) is 20.1 Å². The monoisotopic (exact) mass is 412 g/mol. The Morgan fingerprint density at radius 3 is 2.71 bits per heavy atom. The van der Waals surface area contributed by atoms with Crippen LogP contribution >= 0.6 is 23.1 Å². The van der Waals surface area contributed by atoms with E-state index in [4.69, 9.17) is 0 Å². The average Bonchev–Trinajstić information content (AvgIpc) is 3.23. The number of aromatic nitrogens is 3. The Labute approximate surface area is 173 Å². The number of aryl methyl sites for hydroxylation is 1. The van der Waals surface area contributed by atoms with Crippen molar-refractivity contribution in [3.05, 3.63) is 52.9 Å². The van der Waals surface area contributed by atoms with Gasteiger partial charge in [-0.25, -0.2) is 0 Å². The molecule has 1 fully saturated rings. The summed E-state index contributed by atoms with van der Waals surface area (Å²) in [6.07, 6.45) is 3.33. The second-order valence-electron chi connectivity index (χ2n) is 7.06. The van der Waals surface area contributed by atoms with Crippen molar-refractivity contribution < 1.29 is 4.79 Å². The normalized spacial score (nSPS) is 14.8. The maximum absolute atomic E-state index is 12.5. The zero-order chi connectivity index (χ0) is 19.5. The van der Waals surface area contributed by atoms with Crippen molar-refractivity contribution >= 4 is 29.0 Å². The summed E-state index contributed by atoms with van der Waals surface area (Å²) in [4.78, 5) is 13.6. The standard InChI is InChI=1S/C21H24N4OS2/c1-3-15-6-8-16(9-7-15)14(2)22-19(26)13-28-21-24-23-20(18-5-4-12-27-18)25(21)17-10-11-17/h4-9,12,14,17H,3,10-11,13H2,1-2H3,(H,22,26)/t14-/m0/s1. The van der Waals surface area contributed by atoms with Crippen LogP contribution < -0.4 is 5.32 Å². The van der Waals surface area contributed by atoms with Crippen molar-refractivity contribution in [2.75, 3.05) is 5.75 Å². The lowest BCUT2D eigenvalue weighted by Crippen LogP contribution is -2.28. The summed E-state index contributed by atoms with van der Waals surface area (Å²) in [7, 11) is 0. The molecule has 0 aliphatic heterocycles. The zero-order valence-corrected chi connectivity index (χ0v) is 17.7. The number of amides is 1. The molecule has 0 unspecified atom stereocenters. The highest BCUT2D eigenvalue weighted by Gasteiger charge is 2.30. The number of hydrogen-bond acceptors (Lipinski definition) is 5. The fourth-order valence-electron chi connectivity index (χ4n) is 3.15. The molecule has 1 N–H and O–H groups in total. The molecular formula is C21H24N4OS2. The third-order valence-electron chi connectivity index (χ3n) is 4.92. The molecule has 0 spiro atoms. The molecule has 1 saturated carbocycles. The average molecular weight is 413 g/mol. The molecule has 1 atom stereocenters. The van der Waals surface area contributed by atoms with Gasteiger partial charge in [0.15, 0.2) is 11.0 Å². The van der Waals surface area contributed by atoms with Gasteiger partial charge in [-0.3, -0.25) is 9.36 Å². The van der Waals surface area contributed by atoms with Crippen LogP contribution in [0.15, 0.2) is 46.9 Å². The number of carbonyl (C=O) groups is 1. The molecule has 0 saturated heterocycles. The Hall–Kier alpha value is -2.12.